The van der Waals surface area contributed by atoms with E-state index in [-0.39, 0.29) is 0 Å². The molecule has 11 heavy (non-hydrogen) atoms. The van der Waals surface area contributed by atoms with Gasteiger partial charge in [-0.1, -0.05) is 0 Å². The van der Waals surface area contributed by atoms with Crippen LogP contribution in [-0.2, 0) is 4.79 Å². The second-order valence-corrected chi connectivity index (χ2v) is 15.8. The van der Waals surface area contributed by atoms with Gasteiger partial charge in [-0.25, -0.2) is 0 Å². The van der Waals surface area contributed by atoms with Crippen molar-refractivity contribution in [3.63, 3.8) is 0 Å². The molecule has 0 unspecified atom stereocenters. The number of carbonyl (C=O) groups excluding carboxylic acids is 1. The average Bonchev–Trinajstić information content (AvgIpc) is 2.13. The van der Waals surface area contributed by atoms with Crippen LogP contribution in [-0.4, -0.2) is 76.5 Å². The summed E-state index contributed by atoms with van der Waals surface area (Å²) in [6, 6.07) is 0. The van der Waals surface area contributed by atoms with E-state index in [0.29, 0.717) is 5.78 Å². The van der Waals surface area contributed by atoms with Gasteiger partial charge in [0.1, 0.15) is 0 Å². The number of hydrogen-bond donors (Lipinski definition) is 0. The molecule has 0 aromatic heterocycles. The van der Waals surface area contributed by atoms with E-state index in [0.717, 1.165) is 27.0 Å². The molecule has 0 aliphatic carbocycles. The van der Waals surface area contributed by atoms with E-state index in [4.69, 9.17) is 0 Å². The Morgan fingerprint density at radius 1 is 1.27 bits per heavy atom. The molecule has 0 aromatic carbocycles. The minimum absolute atomic E-state index is 0.469. The van der Waals surface area contributed by atoms with Crippen LogP contribution >= 0.6 is 0 Å². The number of carbonyl (C=O) groups is 1. The Hall–Kier alpha value is 1.47. The van der Waals surface area contributed by atoms with Gasteiger partial charge in [0.05, 0.1) is 0 Å². The maximum absolute atomic E-state index is 11.0. The number of nitrogens with zero attached hydrogens (tertiary/aromatic N) is 1. The van der Waals surface area contributed by atoms with Gasteiger partial charge in [0, 0.05) is 0 Å². The first-order chi connectivity index (χ1) is 5.20. The van der Waals surface area contributed by atoms with E-state index in [9.17, 15) is 4.79 Å². The van der Waals surface area contributed by atoms with Gasteiger partial charge in [0.15, 0.2) is 0 Å². The molecule has 58 valence electrons. The van der Waals surface area contributed by atoms with E-state index in [1.54, 1.807) is 0 Å². The molecule has 0 saturated carbocycles. The quantitative estimate of drug-likeness (QED) is 0.426. The molecular formula is C7H11NOPb2. The molecule has 1 fully saturated rings. The van der Waals surface area contributed by atoms with Gasteiger partial charge < -0.3 is 0 Å². The Balaban J connectivity index is 2.40. The van der Waals surface area contributed by atoms with Crippen LogP contribution in [0, 0.1) is 0 Å². The Morgan fingerprint density at radius 3 is 2.64 bits per heavy atom. The molecule has 6 radical (unpaired) electrons. The first-order valence-electron chi connectivity index (χ1n) is 3.88. The zero-order valence-corrected chi connectivity index (χ0v) is 14.2. The predicted octanol–water partition coefficient (Wildman–Crippen LogP) is -0.338. The van der Waals surface area contributed by atoms with Gasteiger partial charge in [-0.15, -0.1) is 0 Å². The van der Waals surface area contributed by atoms with Crippen molar-refractivity contribution >= 4 is 57.3 Å². The Bertz CT molecular complexity index is 149. The molecule has 4 heteroatoms. The second-order valence-electron chi connectivity index (χ2n) is 2.83. The third-order valence-electron chi connectivity index (χ3n) is 1.94. The van der Waals surface area contributed by atoms with Crippen LogP contribution < -0.4 is 0 Å². The van der Waals surface area contributed by atoms with Gasteiger partial charge in [-0.3, -0.25) is 0 Å². The third kappa shape index (κ3) is 3.79. The average molecular weight is 540 g/mol. The molecule has 1 aliphatic rings. The fourth-order valence-corrected chi connectivity index (χ4v) is 3.25. The van der Waals surface area contributed by atoms with Crippen molar-refractivity contribution in [1.82, 2.24) is 4.90 Å². The summed E-state index contributed by atoms with van der Waals surface area (Å²) in [7, 11) is 0. The molecule has 1 saturated heterocycles. The van der Waals surface area contributed by atoms with Crippen molar-refractivity contribution < 1.29 is 4.79 Å². The summed E-state index contributed by atoms with van der Waals surface area (Å²) in [6.45, 7) is 2.21. The third-order valence-corrected chi connectivity index (χ3v) is 4.78. The second kappa shape index (κ2) is 5.26. The Labute approximate surface area is 99.5 Å². The van der Waals surface area contributed by atoms with Gasteiger partial charge in [-0.05, 0) is 0 Å². The van der Waals surface area contributed by atoms with Crippen LogP contribution in [0.25, 0.3) is 0 Å². The minimum atomic E-state index is 0.469. The SMILES string of the molecule is O=C1CCCN([CH]([Pb])[Pb])CC1. The molecule has 0 atom stereocenters. The van der Waals surface area contributed by atoms with Gasteiger partial charge >= 0.3 is 101 Å². The topological polar surface area (TPSA) is 20.3 Å². The molecule has 0 aromatic rings. The fourth-order valence-electron chi connectivity index (χ4n) is 1.24. The molecule has 1 heterocycles. The van der Waals surface area contributed by atoms with Crippen molar-refractivity contribution in [1.29, 1.82) is 0 Å². The number of likely N-dealkylation sites (tertiary alicyclic amines) is 1. The van der Waals surface area contributed by atoms with Crippen LogP contribution in [0.4, 0.5) is 0 Å². The van der Waals surface area contributed by atoms with Gasteiger partial charge in [-0.2, -0.15) is 0 Å². The molecule has 0 spiro atoms. The number of rotatable bonds is 1. The molecule has 1 aliphatic heterocycles. The van der Waals surface area contributed by atoms with Crippen molar-refractivity contribution in [2.24, 2.45) is 0 Å². The normalized spacial score (nSPS) is 22.3. The number of Topliss-reactive ketones (excluding diaryl/α,β-unsaturated/α-hetero) is 1. The van der Waals surface area contributed by atoms with Crippen LogP contribution in [0.2, 0.25) is 0 Å². The molecule has 1 rings (SSSR count). The van der Waals surface area contributed by atoms with Gasteiger partial charge in [0.2, 0.25) is 0 Å². The van der Waals surface area contributed by atoms with Crippen molar-refractivity contribution in [3.8, 4) is 0 Å². The number of hydrogen-bond acceptors (Lipinski definition) is 2. The molecule has 2 nitrogen and oxygen atoms in total. The van der Waals surface area contributed by atoms with Crippen LogP contribution in [0.15, 0.2) is 0 Å². The van der Waals surface area contributed by atoms with E-state index in [2.05, 4.69) is 4.90 Å². The first-order valence-corrected chi connectivity index (χ1v) is 8.37. The Morgan fingerprint density at radius 2 is 2.00 bits per heavy atom. The fraction of sp³-hybridized carbons (Fsp3) is 0.857. The summed E-state index contributed by atoms with van der Waals surface area (Å²) in [5.74, 6) is 0.469. The van der Waals surface area contributed by atoms with E-state index >= 15 is 0 Å². The summed E-state index contributed by atoms with van der Waals surface area (Å²) >= 11 is 2.56. The summed E-state index contributed by atoms with van der Waals surface area (Å²) in [6.07, 6.45) is 2.73. The molecular weight excluding hydrogens is 528 g/mol. The first kappa shape index (κ1) is 10.6. The van der Waals surface area contributed by atoms with Crippen LogP contribution in [0.1, 0.15) is 19.3 Å². The molecule has 0 N–H and O–H groups in total. The molecule has 0 amide bonds. The summed E-state index contributed by atoms with van der Waals surface area (Å²) in [5, 5.41) is 0. The van der Waals surface area contributed by atoms with Crippen molar-refractivity contribution in [2.45, 2.75) is 20.4 Å². The monoisotopic (exact) mass is 541 g/mol. The summed E-state index contributed by atoms with van der Waals surface area (Å²) in [4.78, 5) is 13.6. The van der Waals surface area contributed by atoms with Crippen molar-refractivity contribution in [3.05, 3.63) is 0 Å². The van der Waals surface area contributed by atoms with E-state index in [1.807, 2.05) is 0 Å². The van der Waals surface area contributed by atoms with Crippen LogP contribution in [0.3, 0.4) is 0 Å². The predicted molar refractivity (Wildman–Crippen MR) is 45.7 cm³/mol. The van der Waals surface area contributed by atoms with Crippen molar-refractivity contribution in [2.75, 3.05) is 13.1 Å². The van der Waals surface area contributed by atoms with E-state index < -0.39 is 0 Å². The van der Waals surface area contributed by atoms with Gasteiger partial charge in [0.25, 0.3) is 0 Å². The zero-order chi connectivity index (χ0) is 8.27. The van der Waals surface area contributed by atoms with Crippen LogP contribution in [0.5, 0.6) is 0 Å². The standard InChI is InChI=1S/C7H11NO.2Pb/c1-8-5-2-3-7(9)4-6-8;;/h1H,2-6H2;;. The molecule has 0 bridgehead atoms. The maximum atomic E-state index is 11.0. The Kier molecular flexibility index (Phi) is 5.04. The summed E-state index contributed by atoms with van der Waals surface area (Å²) < 4.78 is 0.876. The summed E-state index contributed by atoms with van der Waals surface area (Å²) in [5.41, 5.74) is 0. The zero-order valence-electron chi connectivity index (χ0n) is 6.47. The number of ketones is 1. The van der Waals surface area contributed by atoms with E-state index in [1.165, 1.54) is 58.1 Å².